The van der Waals surface area contributed by atoms with E-state index in [1.807, 2.05) is 36.4 Å². The van der Waals surface area contributed by atoms with Crippen molar-refractivity contribution in [2.45, 2.75) is 25.4 Å². The molecule has 2 aromatic heterocycles. The van der Waals surface area contributed by atoms with Crippen molar-refractivity contribution >= 4 is 16.7 Å². The summed E-state index contributed by atoms with van der Waals surface area (Å²) in [4.78, 5) is 13.6. The summed E-state index contributed by atoms with van der Waals surface area (Å²) >= 11 is 0. The van der Waals surface area contributed by atoms with E-state index in [9.17, 15) is 0 Å². The maximum Gasteiger partial charge on any atom is 0.163 e. The smallest absolute Gasteiger partial charge is 0.163 e. The van der Waals surface area contributed by atoms with E-state index >= 15 is 0 Å². The first-order valence-electron chi connectivity index (χ1n) is 8.66. The average Bonchev–Trinajstić information content (AvgIpc) is 3.52. The number of anilines is 1. The van der Waals surface area contributed by atoms with Gasteiger partial charge in [0, 0.05) is 37.0 Å². The third-order valence-electron chi connectivity index (χ3n) is 5.04. The Bertz CT molecular complexity index is 879. The molecule has 1 unspecified atom stereocenters. The molecule has 25 heavy (non-hydrogen) atoms. The van der Waals surface area contributed by atoms with Gasteiger partial charge in [-0.25, -0.2) is 9.97 Å². The number of aromatic nitrogens is 3. The first kappa shape index (κ1) is 16.0. The number of ether oxygens (including phenoxy) is 1. The van der Waals surface area contributed by atoms with Crippen molar-refractivity contribution in [2.75, 3.05) is 19.0 Å². The van der Waals surface area contributed by atoms with E-state index in [0.29, 0.717) is 11.7 Å². The van der Waals surface area contributed by atoms with Crippen molar-refractivity contribution < 1.29 is 4.74 Å². The molecule has 128 valence electrons. The quantitative estimate of drug-likeness (QED) is 0.740. The summed E-state index contributed by atoms with van der Waals surface area (Å²) in [5, 5.41) is 4.53. The van der Waals surface area contributed by atoms with Gasteiger partial charge in [-0.3, -0.25) is 4.98 Å². The molecule has 1 fully saturated rings. The molecule has 1 N–H and O–H groups in total. The van der Waals surface area contributed by atoms with Crippen LogP contribution in [0, 0.1) is 5.92 Å². The topological polar surface area (TPSA) is 59.9 Å². The van der Waals surface area contributed by atoms with E-state index in [1.165, 1.54) is 12.8 Å². The Labute approximate surface area is 147 Å². The van der Waals surface area contributed by atoms with E-state index in [4.69, 9.17) is 14.7 Å². The molecular weight excluding hydrogens is 312 g/mol. The van der Waals surface area contributed by atoms with Crippen molar-refractivity contribution in [3.05, 3.63) is 48.8 Å². The predicted octanol–water partition coefficient (Wildman–Crippen LogP) is 3.92. The standard InChI is InChI=1S/C20H22N4O/c1-20(25-2,15-9-10-15)13-22-19-16-7-3-4-8-17(16)23-18(24-19)14-6-5-11-21-12-14/h3-8,11-12,15H,9-10,13H2,1-2H3,(H,22,23,24). The molecular formula is C20H22N4O. The lowest BCUT2D eigenvalue weighted by atomic mass is 10.0. The number of nitrogens with zero attached hydrogens (tertiary/aromatic N) is 3. The van der Waals surface area contributed by atoms with Gasteiger partial charge in [-0.15, -0.1) is 0 Å². The van der Waals surface area contributed by atoms with Crippen LogP contribution in [0.3, 0.4) is 0 Å². The number of hydrogen-bond donors (Lipinski definition) is 1. The van der Waals surface area contributed by atoms with Crippen LogP contribution in [0.2, 0.25) is 0 Å². The number of hydrogen-bond acceptors (Lipinski definition) is 5. The second-order valence-corrected chi connectivity index (χ2v) is 6.80. The predicted molar refractivity (Wildman–Crippen MR) is 99.4 cm³/mol. The van der Waals surface area contributed by atoms with Gasteiger partial charge in [-0.2, -0.15) is 0 Å². The van der Waals surface area contributed by atoms with E-state index in [-0.39, 0.29) is 5.60 Å². The second-order valence-electron chi connectivity index (χ2n) is 6.80. The van der Waals surface area contributed by atoms with Gasteiger partial charge in [0.2, 0.25) is 0 Å². The van der Waals surface area contributed by atoms with Crippen molar-refractivity contribution in [2.24, 2.45) is 5.92 Å². The first-order valence-corrected chi connectivity index (χ1v) is 8.66. The van der Waals surface area contributed by atoms with Crippen molar-refractivity contribution in [3.8, 4) is 11.4 Å². The molecule has 0 spiro atoms. The summed E-state index contributed by atoms with van der Waals surface area (Å²) < 4.78 is 5.79. The fourth-order valence-electron chi connectivity index (χ4n) is 3.17. The highest BCUT2D eigenvalue weighted by Gasteiger charge is 2.41. The molecule has 1 aliphatic rings. The third kappa shape index (κ3) is 3.20. The number of pyridine rings is 1. The van der Waals surface area contributed by atoms with Gasteiger partial charge in [0.05, 0.1) is 11.1 Å². The maximum absolute atomic E-state index is 5.79. The molecule has 0 saturated heterocycles. The minimum atomic E-state index is -0.166. The van der Waals surface area contributed by atoms with Crippen molar-refractivity contribution in [1.82, 2.24) is 15.0 Å². The Morgan fingerprint density at radius 2 is 2.00 bits per heavy atom. The monoisotopic (exact) mass is 334 g/mol. The van der Waals surface area contributed by atoms with Gasteiger partial charge < -0.3 is 10.1 Å². The van der Waals surface area contributed by atoms with Crippen LogP contribution in [0.25, 0.3) is 22.3 Å². The highest BCUT2D eigenvalue weighted by atomic mass is 16.5. The fraction of sp³-hybridized carbons (Fsp3) is 0.350. The van der Waals surface area contributed by atoms with Crippen molar-refractivity contribution in [1.29, 1.82) is 0 Å². The number of para-hydroxylation sites is 1. The van der Waals surface area contributed by atoms with Crippen LogP contribution in [0.4, 0.5) is 5.82 Å². The lowest BCUT2D eigenvalue weighted by Crippen LogP contribution is -2.38. The van der Waals surface area contributed by atoms with Crippen LogP contribution < -0.4 is 5.32 Å². The fourth-order valence-corrected chi connectivity index (χ4v) is 3.17. The Morgan fingerprint density at radius 3 is 2.72 bits per heavy atom. The number of benzene rings is 1. The molecule has 4 rings (SSSR count). The molecule has 1 aliphatic carbocycles. The van der Waals surface area contributed by atoms with Gasteiger partial charge in [-0.1, -0.05) is 12.1 Å². The van der Waals surface area contributed by atoms with Crippen LogP contribution in [-0.2, 0) is 4.74 Å². The molecule has 5 heteroatoms. The summed E-state index contributed by atoms with van der Waals surface area (Å²) in [6.07, 6.45) is 6.01. The van der Waals surface area contributed by atoms with E-state index in [0.717, 1.165) is 28.8 Å². The van der Waals surface area contributed by atoms with E-state index < -0.39 is 0 Å². The Kier molecular flexibility index (Phi) is 4.09. The van der Waals surface area contributed by atoms with E-state index in [1.54, 1.807) is 19.5 Å². The Morgan fingerprint density at radius 1 is 1.16 bits per heavy atom. The van der Waals surface area contributed by atoms with Crippen LogP contribution in [0.15, 0.2) is 48.8 Å². The highest BCUT2D eigenvalue weighted by Crippen LogP contribution is 2.41. The zero-order chi connectivity index (χ0) is 17.3. The number of methoxy groups -OCH3 is 1. The third-order valence-corrected chi connectivity index (χ3v) is 5.04. The van der Waals surface area contributed by atoms with E-state index in [2.05, 4.69) is 17.2 Å². The summed E-state index contributed by atoms with van der Waals surface area (Å²) in [6, 6.07) is 11.9. The van der Waals surface area contributed by atoms with Gasteiger partial charge in [-0.05, 0) is 49.9 Å². The zero-order valence-electron chi connectivity index (χ0n) is 14.6. The molecule has 0 bridgehead atoms. The molecule has 1 aromatic carbocycles. The maximum atomic E-state index is 5.79. The van der Waals surface area contributed by atoms with Crippen LogP contribution in [0.1, 0.15) is 19.8 Å². The molecule has 0 radical (unpaired) electrons. The summed E-state index contributed by atoms with van der Waals surface area (Å²) in [5.41, 5.74) is 1.66. The molecule has 5 nitrogen and oxygen atoms in total. The summed E-state index contributed by atoms with van der Waals surface area (Å²) in [6.45, 7) is 2.89. The molecule has 2 heterocycles. The molecule has 0 aliphatic heterocycles. The molecule has 0 amide bonds. The highest BCUT2D eigenvalue weighted by molar-refractivity contribution is 5.90. The molecule has 3 aromatic rings. The second kappa shape index (κ2) is 6.41. The first-order chi connectivity index (χ1) is 12.2. The minimum Gasteiger partial charge on any atom is -0.376 e. The zero-order valence-corrected chi connectivity index (χ0v) is 14.6. The summed E-state index contributed by atoms with van der Waals surface area (Å²) in [7, 11) is 1.79. The summed E-state index contributed by atoms with van der Waals surface area (Å²) in [5.74, 6) is 2.14. The number of rotatable bonds is 6. The average molecular weight is 334 g/mol. The molecule has 1 saturated carbocycles. The minimum absolute atomic E-state index is 0.166. The molecule has 1 atom stereocenters. The Hall–Kier alpha value is -2.53. The number of nitrogens with one attached hydrogen (secondary N) is 1. The Balaban J connectivity index is 1.71. The lowest BCUT2D eigenvalue weighted by Gasteiger charge is -2.29. The van der Waals surface area contributed by atoms with Crippen molar-refractivity contribution in [3.63, 3.8) is 0 Å². The normalized spacial score (nSPS) is 16.6. The van der Waals surface area contributed by atoms with Crippen LogP contribution in [-0.4, -0.2) is 34.2 Å². The van der Waals surface area contributed by atoms with Gasteiger partial charge in [0.1, 0.15) is 5.82 Å². The van der Waals surface area contributed by atoms with Gasteiger partial charge in [0.15, 0.2) is 5.82 Å². The number of fused-ring (bicyclic) bond motifs is 1. The van der Waals surface area contributed by atoms with Gasteiger partial charge in [0.25, 0.3) is 0 Å². The SMILES string of the molecule is COC(C)(CNc1nc(-c2cccnc2)nc2ccccc12)C1CC1. The van der Waals surface area contributed by atoms with Crippen LogP contribution in [0.5, 0.6) is 0 Å². The largest absolute Gasteiger partial charge is 0.376 e. The van der Waals surface area contributed by atoms with Crippen LogP contribution >= 0.6 is 0 Å². The lowest BCUT2D eigenvalue weighted by molar-refractivity contribution is -0.00162. The van der Waals surface area contributed by atoms with Gasteiger partial charge >= 0.3 is 0 Å².